The van der Waals surface area contributed by atoms with Crippen LogP contribution in [0.5, 0.6) is 5.88 Å². The van der Waals surface area contributed by atoms with Gasteiger partial charge in [-0.05, 0) is 36.2 Å². The standard InChI is InChI=1S/C18H15FN2O/c1-13-7-8-16(15-9-10-20-17(19)11-15)18(21-13)22-12-14-5-3-2-4-6-14/h2-11H,12H2,1H3. The molecule has 0 aliphatic heterocycles. The van der Waals surface area contributed by atoms with Gasteiger partial charge in [0.05, 0.1) is 0 Å². The maximum atomic E-state index is 13.3. The third kappa shape index (κ3) is 3.28. The average Bonchev–Trinajstić information content (AvgIpc) is 2.54. The summed E-state index contributed by atoms with van der Waals surface area (Å²) in [7, 11) is 0. The van der Waals surface area contributed by atoms with Crippen molar-refractivity contribution < 1.29 is 9.13 Å². The topological polar surface area (TPSA) is 35.0 Å². The van der Waals surface area contributed by atoms with E-state index in [0.29, 0.717) is 18.1 Å². The van der Waals surface area contributed by atoms with Crippen LogP contribution in [0.1, 0.15) is 11.3 Å². The zero-order valence-electron chi connectivity index (χ0n) is 12.2. The predicted molar refractivity (Wildman–Crippen MR) is 82.9 cm³/mol. The van der Waals surface area contributed by atoms with Crippen molar-refractivity contribution in [2.24, 2.45) is 0 Å². The van der Waals surface area contributed by atoms with Crippen molar-refractivity contribution >= 4 is 0 Å². The van der Waals surface area contributed by atoms with Crippen molar-refractivity contribution in [3.05, 3.63) is 78.0 Å². The first kappa shape index (κ1) is 14.2. The molecule has 110 valence electrons. The van der Waals surface area contributed by atoms with Gasteiger partial charge in [0.1, 0.15) is 6.61 Å². The lowest BCUT2D eigenvalue weighted by Crippen LogP contribution is -2.00. The molecular formula is C18H15FN2O. The molecule has 3 rings (SSSR count). The van der Waals surface area contributed by atoms with Gasteiger partial charge in [-0.2, -0.15) is 4.39 Å². The second-order valence-corrected chi connectivity index (χ2v) is 4.95. The minimum Gasteiger partial charge on any atom is -0.472 e. The summed E-state index contributed by atoms with van der Waals surface area (Å²) in [4.78, 5) is 8.01. The van der Waals surface area contributed by atoms with E-state index in [4.69, 9.17) is 4.74 Å². The summed E-state index contributed by atoms with van der Waals surface area (Å²) in [5.74, 6) is -0.0264. The van der Waals surface area contributed by atoms with Crippen molar-refractivity contribution in [3.8, 4) is 17.0 Å². The quantitative estimate of drug-likeness (QED) is 0.677. The zero-order chi connectivity index (χ0) is 15.4. The van der Waals surface area contributed by atoms with Crippen LogP contribution in [0, 0.1) is 12.9 Å². The molecule has 1 aromatic carbocycles. The molecule has 0 saturated heterocycles. The van der Waals surface area contributed by atoms with Crippen LogP contribution in [0.4, 0.5) is 4.39 Å². The molecule has 0 bridgehead atoms. The first-order valence-corrected chi connectivity index (χ1v) is 6.99. The Morgan fingerprint density at radius 2 is 1.86 bits per heavy atom. The van der Waals surface area contributed by atoms with Gasteiger partial charge in [-0.25, -0.2) is 9.97 Å². The summed E-state index contributed by atoms with van der Waals surface area (Å²) in [6.45, 7) is 2.31. The van der Waals surface area contributed by atoms with Crippen LogP contribution >= 0.6 is 0 Å². The first-order chi connectivity index (χ1) is 10.7. The zero-order valence-corrected chi connectivity index (χ0v) is 12.2. The minimum atomic E-state index is -0.521. The van der Waals surface area contributed by atoms with Crippen molar-refractivity contribution in [1.29, 1.82) is 0 Å². The number of hydrogen-bond acceptors (Lipinski definition) is 3. The molecule has 0 N–H and O–H groups in total. The van der Waals surface area contributed by atoms with E-state index in [2.05, 4.69) is 9.97 Å². The Labute approximate surface area is 128 Å². The second kappa shape index (κ2) is 6.35. The van der Waals surface area contributed by atoms with E-state index in [1.54, 1.807) is 6.07 Å². The Kier molecular flexibility index (Phi) is 4.10. The van der Waals surface area contributed by atoms with Gasteiger partial charge in [-0.15, -0.1) is 0 Å². The van der Waals surface area contributed by atoms with Gasteiger partial charge in [0.15, 0.2) is 0 Å². The lowest BCUT2D eigenvalue weighted by atomic mass is 10.1. The Morgan fingerprint density at radius 1 is 1.05 bits per heavy atom. The molecule has 0 aliphatic carbocycles. The van der Waals surface area contributed by atoms with Gasteiger partial charge < -0.3 is 4.74 Å². The van der Waals surface area contributed by atoms with Gasteiger partial charge in [0, 0.05) is 23.5 Å². The van der Waals surface area contributed by atoms with E-state index >= 15 is 0 Å². The van der Waals surface area contributed by atoms with Crippen LogP contribution in [0.25, 0.3) is 11.1 Å². The summed E-state index contributed by atoms with van der Waals surface area (Å²) in [6.07, 6.45) is 1.44. The van der Waals surface area contributed by atoms with Crippen molar-refractivity contribution in [1.82, 2.24) is 9.97 Å². The molecule has 22 heavy (non-hydrogen) atoms. The van der Waals surface area contributed by atoms with Gasteiger partial charge >= 0.3 is 0 Å². The summed E-state index contributed by atoms with van der Waals surface area (Å²) < 4.78 is 19.2. The van der Waals surface area contributed by atoms with Gasteiger partial charge in [-0.1, -0.05) is 30.3 Å². The van der Waals surface area contributed by atoms with E-state index in [9.17, 15) is 4.39 Å². The summed E-state index contributed by atoms with van der Waals surface area (Å²) >= 11 is 0. The largest absolute Gasteiger partial charge is 0.472 e. The number of nitrogens with zero attached hydrogens (tertiary/aromatic N) is 2. The van der Waals surface area contributed by atoms with Crippen LogP contribution in [-0.2, 0) is 6.61 Å². The van der Waals surface area contributed by atoms with Crippen LogP contribution in [0.2, 0.25) is 0 Å². The smallest absolute Gasteiger partial charge is 0.221 e. The number of halogens is 1. The van der Waals surface area contributed by atoms with Gasteiger partial charge in [0.2, 0.25) is 11.8 Å². The fraction of sp³-hybridized carbons (Fsp3) is 0.111. The lowest BCUT2D eigenvalue weighted by Gasteiger charge is -2.11. The average molecular weight is 294 g/mol. The third-order valence-corrected chi connectivity index (χ3v) is 3.26. The highest BCUT2D eigenvalue weighted by atomic mass is 19.1. The molecule has 3 nitrogen and oxygen atoms in total. The normalized spacial score (nSPS) is 10.5. The van der Waals surface area contributed by atoms with E-state index in [1.165, 1.54) is 12.3 Å². The molecule has 0 fully saturated rings. The maximum absolute atomic E-state index is 13.3. The SMILES string of the molecule is Cc1ccc(-c2ccnc(F)c2)c(OCc2ccccc2)n1. The van der Waals surface area contributed by atoms with Gasteiger partial charge in [0.25, 0.3) is 0 Å². The second-order valence-electron chi connectivity index (χ2n) is 4.95. The number of benzene rings is 1. The third-order valence-electron chi connectivity index (χ3n) is 3.26. The highest BCUT2D eigenvalue weighted by Crippen LogP contribution is 2.29. The lowest BCUT2D eigenvalue weighted by molar-refractivity contribution is 0.295. The Bertz CT molecular complexity index is 775. The molecule has 0 unspecified atom stereocenters. The predicted octanol–water partition coefficient (Wildman–Crippen LogP) is 4.17. The Hall–Kier alpha value is -2.75. The molecule has 0 saturated carbocycles. The van der Waals surface area contributed by atoms with Crippen molar-refractivity contribution in [2.45, 2.75) is 13.5 Å². The number of aromatic nitrogens is 2. The van der Waals surface area contributed by atoms with Crippen molar-refractivity contribution in [2.75, 3.05) is 0 Å². The molecule has 0 atom stereocenters. The molecule has 0 spiro atoms. The summed E-state index contributed by atoms with van der Waals surface area (Å²) in [6, 6.07) is 16.7. The molecule has 4 heteroatoms. The fourth-order valence-electron chi connectivity index (χ4n) is 2.16. The van der Waals surface area contributed by atoms with Crippen molar-refractivity contribution in [3.63, 3.8) is 0 Å². The summed E-state index contributed by atoms with van der Waals surface area (Å²) in [5.41, 5.74) is 3.35. The summed E-state index contributed by atoms with van der Waals surface area (Å²) in [5, 5.41) is 0. The monoisotopic (exact) mass is 294 g/mol. The number of aryl methyl sites for hydroxylation is 1. The number of hydrogen-bond donors (Lipinski definition) is 0. The highest BCUT2D eigenvalue weighted by Gasteiger charge is 2.10. The van der Waals surface area contributed by atoms with Crippen LogP contribution in [-0.4, -0.2) is 9.97 Å². The van der Waals surface area contributed by atoms with E-state index in [-0.39, 0.29) is 0 Å². The first-order valence-electron chi connectivity index (χ1n) is 6.99. The number of pyridine rings is 2. The molecule has 0 radical (unpaired) electrons. The highest BCUT2D eigenvalue weighted by molar-refractivity contribution is 5.68. The molecule has 3 aromatic rings. The van der Waals surface area contributed by atoms with E-state index < -0.39 is 5.95 Å². The van der Waals surface area contributed by atoms with Crippen LogP contribution < -0.4 is 4.74 Å². The molecule has 2 aromatic heterocycles. The number of ether oxygens (including phenoxy) is 1. The molecule has 0 amide bonds. The van der Waals surface area contributed by atoms with E-state index in [1.807, 2.05) is 49.4 Å². The maximum Gasteiger partial charge on any atom is 0.221 e. The van der Waals surface area contributed by atoms with Crippen LogP contribution in [0.3, 0.4) is 0 Å². The number of rotatable bonds is 4. The Morgan fingerprint density at radius 3 is 2.64 bits per heavy atom. The van der Waals surface area contributed by atoms with E-state index in [0.717, 1.165) is 16.8 Å². The molecule has 0 aliphatic rings. The van der Waals surface area contributed by atoms with Crippen LogP contribution in [0.15, 0.2) is 60.8 Å². The van der Waals surface area contributed by atoms with Gasteiger partial charge in [-0.3, -0.25) is 0 Å². The molecular weight excluding hydrogens is 279 g/mol. The fourth-order valence-corrected chi connectivity index (χ4v) is 2.16. The molecule has 2 heterocycles. The minimum absolute atomic E-state index is 0.415. The Balaban J connectivity index is 1.91.